The Kier molecular flexibility index (Phi) is 10.4. The molecule has 2 aliphatic heterocycles. The van der Waals surface area contributed by atoms with Gasteiger partial charge in [-0.1, -0.05) is 31.9 Å². The first-order valence-corrected chi connectivity index (χ1v) is 15.4. The molecule has 3 amide bonds. The summed E-state index contributed by atoms with van der Waals surface area (Å²) in [6.07, 6.45) is 1.12. The van der Waals surface area contributed by atoms with Gasteiger partial charge >= 0.3 is 0 Å². The van der Waals surface area contributed by atoms with Crippen molar-refractivity contribution in [3.8, 4) is 0 Å². The van der Waals surface area contributed by atoms with E-state index in [-0.39, 0.29) is 37.0 Å². The van der Waals surface area contributed by atoms with Gasteiger partial charge in [-0.05, 0) is 30.9 Å². The van der Waals surface area contributed by atoms with Gasteiger partial charge in [-0.15, -0.1) is 11.3 Å². The summed E-state index contributed by atoms with van der Waals surface area (Å²) in [7, 11) is -0.892. The minimum atomic E-state index is -3.98. The van der Waals surface area contributed by atoms with Crippen LogP contribution in [-0.4, -0.2) is 116 Å². The number of hydrogen-bond acceptors (Lipinski definition) is 7. The van der Waals surface area contributed by atoms with Crippen LogP contribution in [0.4, 0.5) is 0 Å². The van der Waals surface area contributed by atoms with Gasteiger partial charge in [0.25, 0.3) is 0 Å². The highest BCUT2D eigenvalue weighted by atomic mass is 35.5. The Morgan fingerprint density at radius 1 is 1.22 bits per heavy atom. The van der Waals surface area contributed by atoms with E-state index >= 15 is 0 Å². The number of aryl methyl sites for hydroxylation is 1. The average molecular weight is 577 g/mol. The first-order chi connectivity index (χ1) is 17.5. The monoisotopic (exact) mass is 576 g/mol. The molecule has 1 aromatic rings. The van der Waals surface area contributed by atoms with Crippen LogP contribution in [0.2, 0.25) is 4.34 Å². The van der Waals surface area contributed by atoms with Crippen LogP contribution in [0.5, 0.6) is 0 Å². The van der Waals surface area contributed by atoms with E-state index in [0.717, 1.165) is 9.18 Å². The Morgan fingerprint density at radius 3 is 2.46 bits per heavy atom. The molecule has 10 nitrogen and oxygen atoms in total. The normalized spacial score (nSPS) is 20.4. The fourth-order valence-electron chi connectivity index (χ4n) is 4.62. The molecule has 0 radical (unpaired) electrons. The number of sulfonamides is 1. The van der Waals surface area contributed by atoms with Gasteiger partial charge in [0.15, 0.2) is 0 Å². The van der Waals surface area contributed by atoms with Gasteiger partial charge in [-0.3, -0.25) is 14.4 Å². The van der Waals surface area contributed by atoms with Crippen LogP contribution in [0.3, 0.4) is 0 Å². The molecule has 0 aliphatic carbocycles. The fourth-order valence-corrected chi connectivity index (χ4v) is 7.44. The topological polar surface area (TPSA) is 108 Å². The third-order valence-corrected chi connectivity index (χ3v) is 10.1. The number of morpholine rings is 1. The van der Waals surface area contributed by atoms with E-state index < -0.39 is 40.5 Å². The van der Waals surface area contributed by atoms with E-state index in [2.05, 4.69) is 0 Å². The smallest absolute Gasteiger partial charge is 0.245 e. The lowest BCUT2D eigenvalue weighted by atomic mass is 9.96. The van der Waals surface area contributed by atoms with Crippen LogP contribution >= 0.6 is 22.9 Å². The van der Waals surface area contributed by atoms with Crippen LogP contribution in [0.25, 0.3) is 0 Å². The maximum Gasteiger partial charge on any atom is 0.245 e. The van der Waals surface area contributed by atoms with Gasteiger partial charge in [0.2, 0.25) is 27.7 Å². The van der Waals surface area contributed by atoms with Crippen LogP contribution in [0.15, 0.2) is 12.1 Å². The molecule has 3 heterocycles. The second-order valence-corrected chi connectivity index (χ2v) is 13.6. The van der Waals surface area contributed by atoms with Gasteiger partial charge in [0.1, 0.15) is 12.1 Å². The van der Waals surface area contributed by atoms with E-state index in [0.29, 0.717) is 37.1 Å². The highest BCUT2D eigenvalue weighted by Crippen LogP contribution is 2.28. The highest BCUT2D eigenvalue weighted by Gasteiger charge is 2.47. The summed E-state index contributed by atoms with van der Waals surface area (Å²) in [5.41, 5.74) is 0. The third kappa shape index (κ3) is 7.23. The minimum absolute atomic E-state index is 0.116. The van der Waals surface area contributed by atoms with Crippen molar-refractivity contribution >= 4 is 50.7 Å². The molecular weight excluding hydrogens is 540 g/mol. The predicted octanol–water partition coefficient (Wildman–Crippen LogP) is 1.54. The first kappa shape index (κ1) is 29.8. The largest absolute Gasteiger partial charge is 0.378 e. The third-order valence-electron chi connectivity index (χ3n) is 7.04. The maximum atomic E-state index is 13.8. The van der Waals surface area contributed by atoms with Gasteiger partial charge < -0.3 is 19.4 Å². The number of carbonyl (C=O) groups excluding carboxylic acids is 3. The summed E-state index contributed by atoms with van der Waals surface area (Å²) in [6, 6.07) is 1.75. The summed E-state index contributed by atoms with van der Waals surface area (Å²) >= 11 is 7.28. The molecule has 0 N–H and O–H groups in total. The van der Waals surface area contributed by atoms with E-state index in [1.165, 1.54) is 21.1 Å². The lowest BCUT2D eigenvalue weighted by Crippen LogP contribution is -2.56. The predicted molar refractivity (Wildman–Crippen MR) is 143 cm³/mol. The molecule has 2 fully saturated rings. The molecule has 13 heteroatoms. The molecule has 1 unspecified atom stereocenters. The number of likely N-dealkylation sites (tertiary alicyclic amines) is 1. The number of likely N-dealkylation sites (N-methyl/N-ethyl adjacent to an activating group) is 1. The molecule has 0 saturated carbocycles. The van der Waals surface area contributed by atoms with Gasteiger partial charge in [0, 0.05) is 38.6 Å². The Bertz CT molecular complexity index is 1070. The molecule has 0 aromatic carbocycles. The fraction of sp³-hybridized carbons (Fsp3) is 0.708. The molecule has 0 bridgehead atoms. The first-order valence-electron chi connectivity index (χ1n) is 12.6. The van der Waals surface area contributed by atoms with Crippen molar-refractivity contribution < 1.29 is 27.5 Å². The van der Waals surface area contributed by atoms with Crippen LogP contribution in [-0.2, 0) is 35.6 Å². The SMILES string of the molecule is CC[C@H](C)C(C(=O)N1CCOCC1)N1CC[C@H](N(CC(=O)N(C)C)S(=O)(=O)CCc2ccc(Cl)s2)C1=O. The zero-order chi connectivity index (χ0) is 27.3. The molecule has 3 rings (SSSR count). The molecule has 37 heavy (non-hydrogen) atoms. The lowest BCUT2D eigenvalue weighted by molar-refractivity contribution is -0.149. The minimum Gasteiger partial charge on any atom is -0.378 e. The van der Waals surface area contributed by atoms with E-state index in [4.69, 9.17) is 16.3 Å². The van der Waals surface area contributed by atoms with Crippen LogP contribution in [0, 0.1) is 5.92 Å². The van der Waals surface area contributed by atoms with Crippen molar-refractivity contribution in [3.63, 3.8) is 0 Å². The van der Waals surface area contributed by atoms with Crippen molar-refractivity contribution in [2.45, 2.75) is 45.2 Å². The Morgan fingerprint density at radius 2 is 1.89 bits per heavy atom. The zero-order valence-corrected chi connectivity index (χ0v) is 24.3. The summed E-state index contributed by atoms with van der Waals surface area (Å²) in [5, 5.41) is 0. The molecule has 0 spiro atoms. The molecule has 208 valence electrons. The number of hydrogen-bond donors (Lipinski definition) is 0. The maximum absolute atomic E-state index is 13.8. The highest BCUT2D eigenvalue weighted by molar-refractivity contribution is 7.89. The molecule has 1 aromatic heterocycles. The van der Waals surface area contributed by atoms with Gasteiger partial charge in [-0.2, -0.15) is 4.31 Å². The quantitative estimate of drug-likeness (QED) is 0.395. The number of halogens is 1. The second-order valence-electron chi connectivity index (χ2n) is 9.71. The number of thiophene rings is 1. The van der Waals surface area contributed by atoms with Gasteiger partial charge in [-0.25, -0.2) is 8.42 Å². The Labute approximate surface area is 228 Å². The summed E-state index contributed by atoms with van der Waals surface area (Å²) < 4.78 is 34.0. The van der Waals surface area contributed by atoms with Crippen molar-refractivity contribution in [2.24, 2.45) is 5.92 Å². The molecule has 3 atom stereocenters. The van der Waals surface area contributed by atoms with Crippen LogP contribution < -0.4 is 0 Å². The van der Waals surface area contributed by atoms with Crippen molar-refractivity contribution in [1.29, 1.82) is 0 Å². The number of amides is 3. The summed E-state index contributed by atoms with van der Waals surface area (Å²) in [6.45, 7) is 5.52. The van der Waals surface area contributed by atoms with E-state index in [1.54, 1.807) is 31.1 Å². The average Bonchev–Trinajstić information content (AvgIpc) is 3.46. The second kappa shape index (κ2) is 12.9. The van der Waals surface area contributed by atoms with Gasteiger partial charge in [0.05, 0.1) is 29.8 Å². The number of rotatable bonds is 11. The Hall–Kier alpha value is -1.73. The molecule has 2 saturated heterocycles. The van der Waals surface area contributed by atoms with Crippen molar-refractivity contribution in [3.05, 3.63) is 21.3 Å². The standard InChI is InChI=1S/C24H37ClN4O6S2/c1-5-17(2)22(24(32)27-11-13-35-14-12-27)28-10-8-19(23(28)31)29(16-21(30)26(3)4)37(33,34)15-9-18-6-7-20(25)36-18/h6-7,17,19,22H,5,8-16H2,1-4H3/t17-,19-,22?/m0/s1. The van der Waals surface area contributed by atoms with Crippen molar-refractivity contribution in [1.82, 2.24) is 19.0 Å². The number of nitrogens with zero attached hydrogens (tertiary/aromatic N) is 4. The summed E-state index contributed by atoms with van der Waals surface area (Å²) in [4.78, 5) is 45.3. The van der Waals surface area contributed by atoms with Crippen LogP contribution in [0.1, 0.15) is 31.6 Å². The van der Waals surface area contributed by atoms with Crippen molar-refractivity contribution in [2.75, 3.05) is 59.2 Å². The van der Waals surface area contributed by atoms with E-state index in [1.807, 2.05) is 13.8 Å². The molecule has 2 aliphatic rings. The number of ether oxygens (including phenoxy) is 1. The number of carbonyl (C=O) groups is 3. The van der Waals surface area contributed by atoms with E-state index in [9.17, 15) is 22.8 Å². The summed E-state index contributed by atoms with van der Waals surface area (Å²) in [5.74, 6) is -1.36. The zero-order valence-electron chi connectivity index (χ0n) is 21.9. The molecular formula is C24H37ClN4O6S2. The lowest BCUT2D eigenvalue weighted by Gasteiger charge is -2.37. The Balaban J connectivity index is 1.85.